The van der Waals surface area contributed by atoms with Crippen molar-refractivity contribution in [1.29, 1.82) is 0 Å². The van der Waals surface area contributed by atoms with Gasteiger partial charge in [-0.05, 0) is 84.3 Å². The molecule has 2 aromatic heterocycles. The van der Waals surface area contributed by atoms with Crippen LogP contribution in [-0.2, 0) is 33.3 Å². The normalized spacial score (nSPS) is 36.4. The van der Waals surface area contributed by atoms with Gasteiger partial charge < -0.3 is 33.7 Å². The number of nitrogens with zero attached hydrogens (tertiary/aromatic N) is 4. The number of cyclic esters (lactones) is 1. The van der Waals surface area contributed by atoms with Crippen LogP contribution in [0.3, 0.4) is 0 Å². The standard InChI is InChI=1S/C43H58N4O9S/c1-10-34-43(7)38-28(5)36(45-19-20-47(38)41(51)56-43)25(2)24-42(6,52-21-13-14-29-16-17-33(57-29)30-15-11-12-18-44-30)39(27(4)32(48)23-35(49)54-34)55-40-37(50)31(46(8)9)22-26(3)53-40/h11-12,15-18,25-28,31,34,37-40,50H,10,19-24H2,1-9H3/t25-,26-,27+,28+,31+,34-,37-,38-,39-,40?,42+,43-/m1/s1. The SMILES string of the molecule is CC[C@H]1OC(=O)CC(=O)[C@H](C)[C@@H](OC2O[C@H](C)C[C@H](N(C)C)[C@H]2O)[C@@](C)(OCC#Cc2ccc(-c3ccccn3)s2)C[C@@H](C)C2=NCCN3C(=O)O[C@@]1(C)[C@H]3[C@H]2C. The highest BCUT2D eigenvalue weighted by molar-refractivity contribution is 7.16. The van der Waals surface area contributed by atoms with Crippen LogP contribution in [0.2, 0.25) is 0 Å². The number of aliphatic imine (C=N–C) groups is 1. The van der Waals surface area contributed by atoms with E-state index < -0.39 is 72.0 Å². The molecule has 4 aliphatic heterocycles. The number of amides is 1. The number of hydrogen-bond acceptors (Lipinski definition) is 13. The Balaban J connectivity index is 1.39. The minimum absolute atomic E-state index is 0.00925. The van der Waals surface area contributed by atoms with Crippen molar-refractivity contribution in [3.63, 3.8) is 0 Å². The molecule has 0 aromatic carbocycles. The van der Waals surface area contributed by atoms with Crippen LogP contribution in [0.15, 0.2) is 41.5 Å². The highest BCUT2D eigenvalue weighted by Crippen LogP contribution is 2.44. The van der Waals surface area contributed by atoms with Gasteiger partial charge in [-0.3, -0.25) is 24.5 Å². The number of ether oxygens (including phenoxy) is 5. The van der Waals surface area contributed by atoms with Crippen LogP contribution < -0.4 is 0 Å². The minimum Gasteiger partial charge on any atom is -0.458 e. The predicted octanol–water partition coefficient (Wildman–Crippen LogP) is 5.38. The van der Waals surface area contributed by atoms with Gasteiger partial charge in [0.1, 0.15) is 31.0 Å². The molecule has 1 N–H and O–H groups in total. The van der Waals surface area contributed by atoms with Crippen molar-refractivity contribution in [2.45, 2.75) is 128 Å². The van der Waals surface area contributed by atoms with Gasteiger partial charge in [0.15, 0.2) is 11.9 Å². The van der Waals surface area contributed by atoms with Crippen molar-refractivity contribution in [2.24, 2.45) is 22.7 Å². The molecule has 1 unspecified atom stereocenters. The molecule has 0 spiro atoms. The van der Waals surface area contributed by atoms with Gasteiger partial charge in [-0.25, -0.2) is 4.79 Å². The van der Waals surface area contributed by atoms with Crippen molar-refractivity contribution in [3.05, 3.63) is 41.4 Å². The zero-order chi connectivity index (χ0) is 41.2. The Labute approximate surface area is 340 Å². The average molecular weight is 807 g/mol. The van der Waals surface area contributed by atoms with E-state index in [1.54, 1.807) is 18.0 Å². The van der Waals surface area contributed by atoms with E-state index in [-0.39, 0.29) is 30.6 Å². The first-order chi connectivity index (χ1) is 27.1. The van der Waals surface area contributed by atoms with E-state index in [1.807, 2.05) is 83.9 Å². The summed E-state index contributed by atoms with van der Waals surface area (Å²) in [5, 5.41) is 11.6. The van der Waals surface area contributed by atoms with Crippen LogP contribution in [0.25, 0.3) is 10.6 Å². The van der Waals surface area contributed by atoms with E-state index in [2.05, 4.69) is 23.7 Å². The third kappa shape index (κ3) is 8.99. The first-order valence-electron chi connectivity index (χ1n) is 20.1. The Kier molecular flexibility index (Phi) is 13.3. The van der Waals surface area contributed by atoms with Crippen molar-refractivity contribution >= 4 is 34.9 Å². The second-order valence-corrected chi connectivity index (χ2v) is 17.7. The van der Waals surface area contributed by atoms with Gasteiger partial charge in [0.25, 0.3) is 0 Å². The molecule has 0 radical (unpaired) electrons. The predicted molar refractivity (Wildman–Crippen MR) is 216 cm³/mol. The molecule has 2 bridgehead atoms. The summed E-state index contributed by atoms with van der Waals surface area (Å²) in [6.07, 6.45) is -2.15. The lowest BCUT2D eigenvalue weighted by Gasteiger charge is -2.47. The number of pyridine rings is 1. The van der Waals surface area contributed by atoms with Crippen LogP contribution in [0.1, 0.15) is 79.0 Å². The third-order valence-electron chi connectivity index (χ3n) is 12.2. The molecule has 12 atom stereocenters. The van der Waals surface area contributed by atoms with Crippen LogP contribution in [0.5, 0.6) is 0 Å². The summed E-state index contributed by atoms with van der Waals surface area (Å²) in [6.45, 7) is 14.0. The van der Waals surface area contributed by atoms with Gasteiger partial charge >= 0.3 is 12.1 Å². The van der Waals surface area contributed by atoms with E-state index >= 15 is 0 Å². The number of esters is 1. The van der Waals surface area contributed by atoms with Crippen LogP contribution in [0.4, 0.5) is 4.79 Å². The number of aliphatic hydroxyl groups is 1. The van der Waals surface area contributed by atoms with Crippen LogP contribution >= 0.6 is 11.3 Å². The first kappa shape index (κ1) is 42.9. The number of ketones is 1. The summed E-state index contributed by atoms with van der Waals surface area (Å²) in [5.41, 5.74) is -0.682. The number of thiophene rings is 1. The van der Waals surface area contributed by atoms with Gasteiger partial charge in [-0.1, -0.05) is 45.6 Å². The molecule has 310 valence electrons. The molecule has 0 saturated carbocycles. The zero-order valence-corrected chi connectivity index (χ0v) is 35.4. The van der Waals surface area contributed by atoms with E-state index in [0.29, 0.717) is 32.4 Å². The maximum Gasteiger partial charge on any atom is 0.410 e. The molecule has 6 heterocycles. The third-order valence-corrected chi connectivity index (χ3v) is 13.2. The number of carbonyl (C=O) groups is 3. The number of rotatable bonds is 7. The molecule has 57 heavy (non-hydrogen) atoms. The molecule has 3 fully saturated rings. The summed E-state index contributed by atoms with van der Waals surface area (Å²) in [4.78, 5) is 56.4. The first-order valence-corrected chi connectivity index (χ1v) is 20.9. The lowest BCUT2D eigenvalue weighted by atomic mass is 9.73. The van der Waals surface area contributed by atoms with E-state index in [4.69, 9.17) is 28.7 Å². The lowest BCUT2D eigenvalue weighted by molar-refractivity contribution is -0.296. The summed E-state index contributed by atoms with van der Waals surface area (Å²) < 4.78 is 32.0. The van der Waals surface area contributed by atoms with Gasteiger partial charge in [-0.2, -0.15) is 0 Å². The summed E-state index contributed by atoms with van der Waals surface area (Å²) in [7, 11) is 3.80. The Hall–Kier alpha value is -3.71. The highest BCUT2D eigenvalue weighted by Gasteiger charge is 2.60. The van der Waals surface area contributed by atoms with Gasteiger partial charge in [0, 0.05) is 36.3 Å². The Morgan fingerprint density at radius 2 is 1.86 bits per heavy atom. The second-order valence-electron chi connectivity index (χ2n) is 16.6. The number of carbonyl (C=O) groups excluding carboxylic acids is 3. The van der Waals surface area contributed by atoms with E-state index in [1.165, 1.54) is 11.3 Å². The fourth-order valence-electron chi connectivity index (χ4n) is 9.39. The fraction of sp³-hybridized carbons (Fsp3) is 0.651. The van der Waals surface area contributed by atoms with E-state index in [9.17, 15) is 19.5 Å². The quantitative estimate of drug-likeness (QED) is 0.219. The minimum atomic E-state index is -1.23. The molecule has 14 heteroatoms. The van der Waals surface area contributed by atoms with Crippen molar-refractivity contribution in [3.8, 4) is 22.4 Å². The molecule has 6 rings (SSSR count). The monoisotopic (exact) mass is 806 g/mol. The molecule has 13 nitrogen and oxygen atoms in total. The highest BCUT2D eigenvalue weighted by atomic mass is 32.1. The smallest absolute Gasteiger partial charge is 0.410 e. The Bertz CT molecular complexity index is 1860. The molecule has 3 saturated heterocycles. The molecular weight excluding hydrogens is 749 g/mol. The molecule has 4 aliphatic rings. The Morgan fingerprint density at radius 1 is 1.09 bits per heavy atom. The van der Waals surface area contributed by atoms with Crippen LogP contribution in [-0.4, -0.2) is 131 Å². The number of aliphatic hydroxyl groups excluding tert-OH is 1. The van der Waals surface area contributed by atoms with Crippen molar-refractivity contribution < 1.29 is 43.2 Å². The largest absolute Gasteiger partial charge is 0.458 e. The lowest BCUT2D eigenvalue weighted by Crippen LogP contribution is -2.60. The summed E-state index contributed by atoms with van der Waals surface area (Å²) in [6, 6.07) is 8.97. The summed E-state index contributed by atoms with van der Waals surface area (Å²) >= 11 is 1.53. The van der Waals surface area contributed by atoms with Gasteiger partial charge in [-0.15, -0.1) is 11.3 Å². The topological polar surface area (TPSA) is 149 Å². The van der Waals surface area contributed by atoms with Crippen molar-refractivity contribution in [1.82, 2.24) is 14.8 Å². The molecular formula is C43H58N4O9S. The fourth-order valence-corrected chi connectivity index (χ4v) is 10.3. The van der Waals surface area contributed by atoms with Crippen molar-refractivity contribution in [2.75, 3.05) is 33.8 Å². The zero-order valence-electron chi connectivity index (χ0n) is 34.6. The van der Waals surface area contributed by atoms with Gasteiger partial charge in [0.05, 0.1) is 45.8 Å². The number of Topliss-reactive ketones (excluding diaryl/α,β-unsaturated/α-hetero) is 1. The van der Waals surface area contributed by atoms with Crippen LogP contribution in [0, 0.1) is 29.6 Å². The summed E-state index contributed by atoms with van der Waals surface area (Å²) in [5.74, 6) is 3.83. The van der Waals surface area contributed by atoms with Gasteiger partial charge in [0.2, 0.25) is 0 Å². The maximum absolute atomic E-state index is 14.3. The average Bonchev–Trinajstić information content (AvgIpc) is 3.69. The number of aromatic nitrogens is 1. The second kappa shape index (κ2) is 17.6. The molecule has 1 amide bonds. The number of likely N-dealkylation sites (N-methyl/N-ethyl adjacent to an activating group) is 1. The maximum atomic E-state index is 14.3. The number of hydrogen-bond donors (Lipinski definition) is 1. The molecule has 2 aromatic rings. The van der Waals surface area contributed by atoms with E-state index in [0.717, 1.165) is 21.2 Å². The Morgan fingerprint density at radius 3 is 2.56 bits per heavy atom. The molecule has 0 aliphatic carbocycles. The number of fused-ring (bicyclic) bond motifs is 1.